The number of hydrogen-bond donors (Lipinski definition) is 2. The minimum Gasteiger partial charge on any atom is -0.461 e. The Morgan fingerprint density at radius 2 is 2.05 bits per heavy atom. The maximum absolute atomic E-state index is 12.8. The van der Waals surface area contributed by atoms with Gasteiger partial charge in [0.1, 0.15) is 11.1 Å². The van der Waals surface area contributed by atoms with Crippen molar-refractivity contribution in [3.05, 3.63) is 51.5 Å². The van der Waals surface area contributed by atoms with Gasteiger partial charge in [-0.2, -0.15) is 0 Å². The van der Waals surface area contributed by atoms with Gasteiger partial charge in [-0.1, -0.05) is 44.6 Å². The zero-order valence-electron chi connectivity index (χ0n) is 25.5. The molecule has 1 aromatic heterocycles. The molecule has 0 saturated heterocycles. The van der Waals surface area contributed by atoms with Gasteiger partial charge in [-0.25, -0.2) is 4.98 Å². The van der Waals surface area contributed by atoms with Crippen LogP contribution in [0.25, 0.3) is 0 Å². The van der Waals surface area contributed by atoms with Crippen LogP contribution in [0.15, 0.2) is 41.6 Å². The minimum absolute atomic E-state index is 0.0406. The number of allylic oxidation sites excluding steroid dienone is 3. The third-order valence-corrected chi connectivity index (χ3v) is 12.0. The molecule has 6 atom stereocenters. The number of unbranched alkanes of at least 4 members (excludes halogenated alkanes) is 1. The van der Waals surface area contributed by atoms with Gasteiger partial charge in [-0.3, -0.25) is 4.79 Å². The number of hydrogen-bond acceptors (Lipinski definition) is 6. The predicted octanol–water partition coefficient (Wildman–Crippen LogP) is 7.90. The van der Waals surface area contributed by atoms with Crippen LogP contribution in [0, 0.1) is 24.2 Å². The fourth-order valence-electron chi connectivity index (χ4n) is 8.21. The van der Waals surface area contributed by atoms with Gasteiger partial charge in [-0.05, 0) is 112 Å². The number of thiazole rings is 1. The summed E-state index contributed by atoms with van der Waals surface area (Å²) in [6.45, 7) is 10.8. The molecule has 0 radical (unpaired) electrons. The number of aliphatic hydroxyl groups excluding tert-OH is 2. The summed E-state index contributed by atoms with van der Waals surface area (Å²) in [4.78, 5) is 18.7. The van der Waals surface area contributed by atoms with Crippen molar-refractivity contribution in [3.63, 3.8) is 0 Å². The summed E-state index contributed by atoms with van der Waals surface area (Å²) in [7, 11) is 0. The first kappa shape index (κ1) is 30.7. The fraction of sp³-hybridized carbons (Fsp3) is 0.714. The van der Waals surface area contributed by atoms with Crippen LogP contribution in [-0.2, 0) is 14.9 Å². The molecule has 6 heteroatoms. The molecule has 4 fully saturated rings. The van der Waals surface area contributed by atoms with E-state index in [1.54, 1.807) is 11.3 Å². The molecule has 226 valence electrons. The van der Waals surface area contributed by atoms with Crippen LogP contribution < -0.4 is 0 Å². The highest BCUT2D eigenvalue weighted by molar-refractivity contribution is 7.11. The SMILES string of the molecule is C=C1/C(=C\C=C2/CCCC3(C)C(CCCC(OC(=O)CCCC)C4(c5ncc(C)s5)CC4)CCC23)C[C@@H](O)C[C@@H]1O. The van der Waals surface area contributed by atoms with Crippen molar-refractivity contribution in [1.82, 2.24) is 4.98 Å². The molecule has 5 nitrogen and oxygen atoms in total. The Morgan fingerprint density at radius 3 is 2.76 bits per heavy atom. The van der Waals surface area contributed by atoms with Crippen LogP contribution >= 0.6 is 11.3 Å². The summed E-state index contributed by atoms with van der Waals surface area (Å²) >= 11 is 1.77. The Labute approximate surface area is 251 Å². The van der Waals surface area contributed by atoms with Crippen molar-refractivity contribution in [3.8, 4) is 0 Å². The topological polar surface area (TPSA) is 79.7 Å². The van der Waals surface area contributed by atoms with Crippen LogP contribution in [0.1, 0.15) is 120 Å². The first-order chi connectivity index (χ1) is 19.7. The number of ether oxygens (including phenoxy) is 1. The second kappa shape index (κ2) is 12.9. The van der Waals surface area contributed by atoms with Crippen LogP contribution in [0.4, 0.5) is 0 Å². The quantitative estimate of drug-likeness (QED) is 0.260. The zero-order valence-corrected chi connectivity index (χ0v) is 26.3. The third-order valence-electron chi connectivity index (χ3n) is 10.9. The molecule has 0 spiro atoms. The van der Waals surface area contributed by atoms with E-state index in [9.17, 15) is 15.0 Å². The second-order valence-electron chi connectivity index (χ2n) is 13.7. The van der Waals surface area contributed by atoms with Crippen molar-refractivity contribution in [2.45, 2.75) is 141 Å². The number of carbonyl (C=O) groups excluding carboxylic acids is 1. The number of aryl methyl sites for hydroxylation is 1. The Kier molecular flexibility index (Phi) is 9.62. The maximum Gasteiger partial charge on any atom is 0.306 e. The standard InChI is InChI=1S/C35H51NO4S/c1-5-6-12-32(39)40-31(35(18-19-35)33-36-22-23(2)41-33)11-7-10-27-15-16-29-25(9-8-17-34(27,29)4)13-14-26-20-28(37)21-30(38)24(26)3/h13-14,22,27-31,37-38H,3,5-12,15-21H2,1-2,4H3/b25-13+,26-14-/t27?,28-,29?,30+,31?,34?/m1/s1. The smallest absolute Gasteiger partial charge is 0.306 e. The van der Waals surface area contributed by atoms with Crippen LogP contribution in [-0.4, -0.2) is 39.5 Å². The Morgan fingerprint density at radius 1 is 1.24 bits per heavy atom. The summed E-state index contributed by atoms with van der Waals surface area (Å²) in [6, 6.07) is 0. The lowest BCUT2D eigenvalue weighted by Crippen LogP contribution is -2.34. The summed E-state index contributed by atoms with van der Waals surface area (Å²) < 4.78 is 6.24. The average Bonchev–Trinajstić information content (AvgIpc) is 3.51. The van der Waals surface area contributed by atoms with Crippen molar-refractivity contribution >= 4 is 17.3 Å². The van der Waals surface area contributed by atoms with E-state index >= 15 is 0 Å². The summed E-state index contributed by atoms with van der Waals surface area (Å²) in [5.41, 5.74) is 3.54. The van der Waals surface area contributed by atoms with Gasteiger partial charge in [0.05, 0.1) is 17.6 Å². The van der Waals surface area contributed by atoms with Gasteiger partial charge in [0, 0.05) is 23.9 Å². The van der Waals surface area contributed by atoms with E-state index in [0.717, 1.165) is 61.1 Å². The van der Waals surface area contributed by atoms with E-state index in [2.05, 4.69) is 39.5 Å². The summed E-state index contributed by atoms with van der Waals surface area (Å²) in [6.07, 6.45) is 20.0. The van der Waals surface area contributed by atoms with Crippen molar-refractivity contribution in [2.24, 2.45) is 17.3 Å². The molecule has 4 aliphatic rings. The van der Waals surface area contributed by atoms with E-state index in [1.165, 1.54) is 42.6 Å². The molecule has 2 N–H and O–H groups in total. The average molecular weight is 582 g/mol. The number of esters is 1. The van der Waals surface area contributed by atoms with Crippen molar-refractivity contribution < 1.29 is 19.7 Å². The number of carbonyl (C=O) groups is 1. The molecule has 0 amide bonds. The lowest BCUT2D eigenvalue weighted by atomic mass is 9.62. The highest BCUT2D eigenvalue weighted by atomic mass is 32.1. The highest BCUT2D eigenvalue weighted by Gasteiger charge is 2.55. The number of aliphatic hydroxyl groups is 2. The van der Waals surface area contributed by atoms with Crippen LogP contribution in [0.5, 0.6) is 0 Å². The van der Waals surface area contributed by atoms with Gasteiger partial charge in [0.15, 0.2) is 0 Å². The molecule has 5 rings (SSSR count). The lowest BCUT2D eigenvalue weighted by Gasteiger charge is -2.42. The van der Waals surface area contributed by atoms with Crippen molar-refractivity contribution in [1.29, 1.82) is 0 Å². The highest BCUT2D eigenvalue weighted by Crippen LogP contribution is 2.59. The van der Waals surface area contributed by atoms with E-state index in [-0.39, 0.29) is 17.5 Å². The molecule has 41 heavy (non-hydrogen) atoms. The molecular formula is C35H51NO4S. The van der Waals surface area contributed by atoms with Gasteiger partial charge >= 0.3 is 5.97 Å². The first-order valence-electron chi connectivity index (χ1n) is 16.2. The number of aromatic nitrogens is 1. The summed E-state index contributed by atoms with van der Waals surface area (Å²) in [5, 5.41) is 21.6. The fourth-order valence-corrected chi connectivity index (χ4v) is 9.27. The van der Waals surface area contributed by atoms with E-state index in [0.29, 0.717) is 36.5 Å². The lowest BCUT2D eigenvalue weighted by molar-refractivity contribution is -0.151. The number of nitrogens with zero attached hydrogens (tertiary/aromatic N) is 1. The molecule has 4 unspecified atom stereocenters. The Hall–Kier alpha value is -1.76. The normalized spacial score (nSPS) is 33.6. The monoisotopic (exact) mass is 581 g/mol. The molecule has 4 saturated carbocycles. The maximum atomic E-state index is 12.8. The summed E-state index contributed by atoms with van der Waals surface area (Å²) in [5.74, 6) is 1.24. The van der Waals surface area contributed by atoms with E-state index in [4.69, 9.17) is 9.72 Å². The van der Waals surface area contributed by atoms with Gasteiger partial charge in [-0.15, -0.1) is 11.3 Å². The van der Waals surface area contributed by atoms with E-state index in [1.807, 2.05) is 6.20 Å². The number of rotatable bonds is 11. The van der Waals surface area contributed by atoms with Crippen LogP contribution in [0.2, 0.25) is 0 Å². The second-order valence-corrected chi connectivity index (χ2v) is 14.9. The molecule has 1 heterocycles. The van der Waals surface area contributed by atoms with Crippen LogP contribution in [0.3, 0.4) is 0 Å². The van der Waals surface area contributed by atoms with Crippen molar-refractivity contribution in [2.75, 3.05) is 0 Å². The molecular weight excluding hydrogens is 530 g/mol. The van der Waals surface area contributed by atoms with Gasteiger partial charge < -0.3 is 14.9 Å². The van der Waals surface area contributed by atoms with Gasteiger partial charge in [0.2, 0.25) is 0 Å². The predicted molar refractivity (Wildman–Crippen MR) is 166 cm³/mol. The molecule has 4 aliphatic carbocycles. The molecule has 1 aromatic rings. The van der Waals surface area contributed by atoms with Gasteiger partial charge in [0.25, 0.3) is 0 Å². The molecule has 0 aromatic carbocycles. The number of fused-ring (bicyclic) bond motifs is 1. The Bertz CT molecular complexity index is 1160. The third kappa shape index (κ3) is 6.60. The Balaban J connectivity index is 1.24. The minimum atomic E-state index is -0.639. The molecule has 0 aliphatic heterocycles. The largest absolute Gasteiger partial charge is 0.461 e. The molecule has 0 bridgehead atoms. The van der Waals surface area contributed by atoms with E-state index < -0.39 is 12.2 Å². The first-order valence-corrected chi connectivity index (χ1v) is 17.0. The zero-order chi connectivity index (χ0) is 29.2.